The van der Waals surface area contributed by atoms with Gasteiger partial charge in [0.2, 0.25) is 5.91 Å². The van der Waals surface area contributed by atoms with Gasteiger partial charge in [-0.05, 0) is 38.5 Å². The third-order valence-electron chi connectivity index (χ3n) is 2.57. The quantitative estimate of drug-likeness (QED) is 0.716. The Morgan fingerprint density at radius 1 is 1.43 bits per heavy atom. The van der Waals surface area contributed by atoms with E-state index in [0.717, 1.165) is 0 Å². The molecule has 0 heterocycles. The second-order valence-electron chi connectivity index (χ2n) is 4.84. The van der Waals surface area contributed by atoms with Crippen molar-refractivity contribution >= 4 is 29.2 Å². The largest absolute Gasteiger partial charge is 0.489 e. The highest BCUT2D eigenvalue weighted by Gasteiger charge is 2.15. The van der Waals surface area contributed by atoms with Crippen LogP contribution in [-0.4, -0.2) is 29.1 Å². The first kappa shape index (κ1) is 17.3. The lowest BCUT2D eigenvalue weighted by molar-refractivity contribution is -0.137. The number of carbonyl (C=O) groups is 2. The number of ether oxygens (including phenoxy) is 1. The molecule has 0 saturated heterocycles. The number of nitrogens with one attached hydrogen (secondary N) is 1. The van der Waals surface area contributed by atoms with Gasteiger partial charge in [-0.25, -0.2) is 0 Å². The molecule has 0 spiro atoms. The highest BCUT2D eigenvalue weighted by atomic mass is 35.5. The van der Waals surface area contributed by atoms with Crippen LogP contribution in [0.3, 0.4) is 0 Å². The molecule has 0 aliphatic heterocycles. The molecule has 0 fully saturated rings. The minimum absolute atomic E-state index is 0.00705. The zero-order chi connectivity index (χ0) is 16.0. The summed E-state index contributed by atoms with van der Waals surface area (Å²) in [7, 11) is 0. The van der Waals surface area contributed by atoms with Gasteiger partial charge in [0, 0.05) is 12.1 Å². The van der Waals surface area contributed by atoms with Gasteiger partial charge in [-0.1, -0.05) is 11.6 Å². The fourth-order valence-electron chi connectivity index (χ4n) is 1.57. The van der Waals surface area contributed by atoms with E-state index in [2.05, 4.69) is 5.32 Å². The van der Waals surface area contributed by atoms with E-state index >= 15 is 0 Å². The highest BCUT2D eigenvalue weighted by molar-refractivity contribution is 6.32. The smallest absolute Gasteiger partial charge is 0.303 e. The second kappa shape index (κ2) is 7.85. The Morgan fingerprint density at radius 2 is 2.10 bits per heavy atom. The van der Waals surface area contributed by atoms with Crippen LogP contribution in [0.25, 0.3) is 0 Å². The van der Waals surface area contributed by atoms with E-state index in [1.807, 2.05) is 13.8 Å². The number of amides is 1. The summed E-state index contributed by atoms with van der Waals surface area (Å²) in [5.74, 6) is -0.916. The lowest BCUT2D eigenvalue weighted by Crippen LogP contribution is -2.36. The second-order valence-corrected chi connectivity index (χ2v) is 5.25. The number of carboxylic acids is 1. The Balaban J connectivity index is 2.64. The number of nitrogens with two attached hydrogens (primary N) is 1. The maximum Gasteiger partial charge on any atom is 0.303 e. The van der Waals surface area contributed by atoms with Crippen molar-refractivity contribution in [2.75, 3.05) is 5.32 Å². The van der Waals surface area contributed by atoms with Gasteiger partial charge < -0.3 is 20.9 Å². The third-order valence-corrected chi connectivity index (χ3v) is 2.86. The Kier molecular flexibility index (Phi) is 6.45. The summed E-state index contributed by atoms with van der Waals surface area (Å²) in [5.41, 5.74) is 6.09. The molecule has 0 saturated carbocycles. The van der Waals surface area contributed by atoms with Crippen LogP contribution in [0.15, 0.2) is 18.2 Å². The number of anilines is 1. The number of halogens is 1. The van der Waals surface area contributed by atoms with Gasteiger partial charge in [-0.15, -0.1) is 0 Å². The monoisotopic (exact) mass is 314 g/mol. The summed E-state index contributed by atoms with van der Waals surface area (Å²) in [6.45, 7) is 3.76. The highest BCUT2D eigenvalue weighted by Crippen LogP contribution is 2.28. The summed E-state index contributed by atoms with van der Waals surface area (Å²) < 4.78 is 5.48. The third kappa shape index (κ3) is 6.01. The molecule has 0 aliphatic carbocycles. The Morgan fingerprint density at radius 3 is 2.62 bits per heavy atom. The van der Waals surface area contributed by atoms with Crippen LogP contribution in [0.2, 0.25) is 5.02 Å². The Hall–Kier alpha value is -1.79. The summed E-state index contributed by atoms with van der Waals surface area (Å²) in [4.78, 5) is 22.2. The molecule has 1 aromatic rings. The van der Waals surface area contributed by atoms with Crippen LogP contribution in [0.4, 0.5) is 5.69 Å². The lowest BCUT2D eigenvalue weighted by atomic mass is 10.1. The van der Waals surface area contributed by atoms with E-state index in [0.29, 0.717) is 16.5 Å². The number of hydrogen-bond acceptors (Lipinski definition) is 4. The van der Waals surface area contributed by atoms with Crippen LogP contribution in [-0.2, 0) is 9.59 Å². The van der Waals surface area contributed by atoms with Crippen LogP contribution in [0.1, 0.15) is 26.7 Å². The predicted molar refractivity (Wildman–Crippen MR) is 80.7 cm³/mol. The lowest BCUT2D eigenvalue weighted by Gasteiger charge is -2.14. The number of carbonyl (C=O) groups excluding carboxylic acids is 1. The maximum atomic E-state index is 11.8. The number of aliphatic carboxylic acids is 1. The minimum atomic E-state index is -0.989. The van der Waals surface area contributed by atoms with Crippen molar-refractivity contribution in [3.05, 3.63) is 23.2 Å². The van der Waals surface area contributed by atoms with Crippen molar-refractivity contribution in [2.45, 2.75) is 38.8 Å². The van der Waals surface area contributed by atoms with Crippen molar-refractivity contribution in [1.82, 2.24) is 0 Å². The molecule has 0 aliphatic rings. The number of hydrogen-bond donors (Lipinski definition) is 3. The predicted octanol–water partition coefficient (Wildman–Crippen LogP) is 2.26. The first-order chi connectivity index (χ1) is 9.79. The summed E-state index contributed by atoms with van der Waals surface area (Å²) >= 11 is 6.05. The molecule has 116 valence electrons. The SMILES string of the molecule is CC(C)Oc1ccc(NC(=O)C(N)CCC(=O)O)cc1Cl. The van der Waals surface area contributed by atoms with Gasteiger partial charge in [0.25, 0.3) is 0 Å². The Labute approximate surface area is 128 Å². The van der Waals surface area contributed by atoms with Crippen molar-refractivity contribution in [2.24, 2.45) is 5.73 Å². The molecule has 1 unspecified atom stereocenters. The first-order valence-electron chi connectivity index (χ1n) is 6.54. The molecule has 21 heavy (non-hydrogen) atoms. The summed E-state index contributed by atoms with van der Waals surface area (Å²) in [5, 5.41) is 11.5. The van der Waals surface area contributed by atoms with E-state index < -0.39 is 17.9 Å². The van der Waals surface area contributed by atoms with Gasteiger partial charge in [0.15, 0.2) is 0 Å². The molecule has 0 bridgehead atoms. The van der Waals surface area contributed by atoms with Gasteiger partial charge in [0.05, 0.1) is 17.2 Å². The molecule has 7 heteroatoms. The molecule has 1 rings (SSSR count). The van der Waals surface area contributed by atoms with Gasteiger partial charge in [-0.2, -0.15) is 0 Å². The first-order valence-corrected chi connectivity index (χ1v) is 6.92. The van der Waals surface area contributed by atoms with Crippen molar-refractivity contribution in [3.8, 4) is 5.75 Å². The zero-order valence-corrected chi connectivity index (χ0v) is 12.7. The molecule has 4 N–H and O–H groups in total. The minimum Gasteiger partial charge on any atom is -0.489 e. The molecule has 6 nitrogen and oxygen atoms in total. The molecule has 1 atom stereocenters. The van der Waals surface area contributed by atoms with Gasteiger partial charge in [0.1, 0.15) is 5.75 Å². The van der Waals surface area contributed by atoms with E-state index in [1.54, 1.807) is 18.2 Å². The standard InChI is InChI=1S/C14H19ClN2O4/c1-8(2)21-12-5-3-9(7-10(12)15)17-14(20)11(16)4-6-13(18)19/h3,5,7-8,11H,4,6,16H2,1-2H3,(H,17,20)(H,18,19). The fraction of sp³-hybridized carbons (Fsp3) is 0.429. The number of benzene rings is 1. The van der Waals surface area contributed by atoms with Crippen molar-refractivity contribution in [1.29, 1.82) is 0 Å². The Bertz CT molecular complexity index is 520. The number of rotatable bonds is 7. The van der Waals surface area contributed by atoms with E-state index in [1.165, 1.54) is 0 Å². The van der Waals surface area contributed by atoms with Crippen molar-refractivity contribution in [3.63, 3.8) is 0 Å². The molecule has 0 aromatic heterocycles. The molecule has 1 amide bonds. The van der Waals surface area contributed by atoms with E-state index in [9.17, 15) is 9.59 Å². The van der Waals surface area contributed by atoms with E-state index in [4.69, 9.17) is 27.2 Å². The van der Waals surface area contributed by atoms with Crippen LogP contribution < -0.4 is 15.8 Å². The molecule has 0 radical (unpaired) electrons. The van der Waals surface area contributed by atoms with Crippen LogP contribution >= 0.6 is 11.6 Å². The van der Waals surface area contributed by atoms with Crippen LogP contribution in [0.5, 0.6) is 5.75 Å². The zero-order valence-electron chi connectivity index (χ0n) is 11.9. The van der Waals surface area contributed by atoms with Gasteiger partial charge >= 0.3 is 5.97 Å². The average molecular weight is 315 g/mol. The van der Waals surface area contributed by atoms with Gasteiger partial charge in [-0.3, -0.25) is 9.59 Å². The topological polar surface area (TPSA) is 102 Å². The molecule has 1 aromatic carbocycles. The maximum absolute atomic E-state index is 11.8. The number of carboxylic acid groups (broad SMARTS) is 1. The fourth-order valence-corrected chi connectivity index (χ4v) is 1.80. The molecular formula is C14H19ClN2O4. The molecular weight excluding hydrogens is 296 g/mol. The normalized spacial score (nSPS) is 12.0. The average Bonchev–Trinajstić information content (AvgIpc) is 2.38. The van der Waals surface area contributed by atoms with E-state index in [-0.39, 0.29) is 18.9 Å². The summed E-state index contributed by atoms with van der Waals surface area (Å²) in [6, 6.07) is 3.97. The van der Waals surface area contributed by atoms with Crippen molar-refractivity contribution < 1.29 is 19.4 Å². The van der Waals surface area contributed by atoms with Crippen LogP contribution in [0, 0.1) is 0 Å². The summed E-state index contributed by atoms with van der Waals surface area (Å²) in [6.07, 6.45) is -0.0904.